The number of ether oxygens (including phenoxy) is 1. The monoisotopic (exact) mass is 441 g/mol. The molecule has 4 rings (SSSR count). The van der Waals surface area contributed by atoms with Crippen molar-refractivity contribution in [2.24, 2.45) is 5.92 Å². The summed E-state index contributed by atoms with van der Waals surface area (Å²) in [6, 6.07) is 15.1. The Morgan fingerprint density at radius 2 is 1.77 bits per heavy atom. The van der Waals surface area contributed by atoms with E-state index in [9.17, 15) is 9.59 Å². The molecule has 1 heterocycles. The number of thioether (sulfide) groups is 1. The zero-order valence-electron chi connectivity index (χ0n) is 16.7. The SMILES string of the molecule is O=C1S/C(=C/c2ccccc2OCc2ccccc2Cl)C(=O)N1CC1CCCCC1. The predicted molar refractivity (Wildman–Crippen MR) is 121 cm³/mol. The van der Waals surface area contributed by atoms with Crippen LogP contribution in [0, 0.1) is 5.92 Å². The van der Waals surface area contributed by atoms with Crippen LogP contribution in [-0.4, -0.2) is 22.6 Å². The van der Waals surface area contributed by atoms with Crippen molar-refractivity contribution in [3.63, 3.8) is 0 Å². The first-order valence-electron chi connectivity index (χ1n) is 10.3. The van der Waals surface area contributed by atoms with E-state index < -0.39 is 0 Å². The molecule has 0 unspecified atom stereocenters. The molecule has 0 spiro atoms. The van der Waals surface area contributed by atoms with Crippen molar-refractivity contribution in [3.05, 3.63) is 69.6 Å². The van der Waals surface area contributed by atoms with Crippen molar-refractivity contribution >= 4 is 40.6 Å². The number of hydrogen-bond acceptors (Lipinski definition) is 4. The van der Waals surface area contributed by atoms with E-state index >= 15 is 0 Å². The summed E-state index contributed by atoms with van der Waals surface area (Å²) in [5, 5.41) is 0.477. The van der Waals surface area contributed by atoms with Gasteiger partial charge in [-0.25, -0.2) is 0 Å². The molecule has 0 aromatic heterocycles. The number of carbonyl (C=O) groups excluding carboxylic acids is 2. The summed E-state index contributed by atoms with van der Waals surface area (Å²) in [7, 11) is 0. The lowest BCUT2D eigenvalue weighted by Crippen LogP contribution is -2.34. The number of para-hydroxylation sites is 1. The molecule has 1 saturated carbocycles. The zero-order chi connectivity index (χ0) is 20.9. The maximum atomic E-state index is 12.9. The van der Waals surface area contributed by atoms with Gasteiger partial charge in [-0.1, -0.05) is 67.3 Å². The van der Waals surface area contributed by atoms with Crippen LogP contribution in [0.2, 0.25) is 5.02 Å². The normalized spacial score (nSPS) is 19.0. The molecule has 156 valence electrons. The first-order valence-corrected chi connectivity index (χ1v) is 11.5. The highest BCUT2D eigenvalue weighted by Crippen LogP contribution is 2.36. The summed E-state index contributed by atoms with van der Waals surface area (Å²) >= 11 is 7.23. The Balaban J connectivity index is 1.48. The van der Waals surface area contributed by atoms with Gasteiger partial charge in [-0.05, 0) is 48.7 Å². The molecule has 1 aliphatic heterocycles. The molecule has 1 aliphatic carbocycles. The van der Waals surface area contributed by atoms with Crippen LogP contribution in [0.3, 0.4) is 0 Å². The molecule has 4 nitrogen and oxygen atoms in total. The number of hydrogen-bond donors (Lipinski definition) is 0. The van der Waals surface area contributed by atoms with Gasteiger partial charge in [0.15, 0.2) is 0 Å². The Morgan fingerprint density at radius 3 is 2.57 bits per heavy atom. The number of imide groups is 1. The fourth-order valence-corrected chi connectivity index (χ4v) is 4.96. The van der Waals surface area contributed by atoms with Crippen LogP contribution in [0.4, 0.5) is 4.79 Å². The molecular weight excluding hydrogens is 418 g/mol. The van der Waals surface area contributed by atoms with E-state index in [0.717, 1.165) is 35.7 Å². The van der Waals surface area contributed by atoms with Gasteiger partial charge in [-0.2, -0.15) is 0 Å². The predicted octanol–water partition coefficient (Wildman–Crippen LogP) is 6.54. The minimum atomic E-state index is -0.198. The molecule has 0 bridgehead atoms. The summed E-state index contributed by atoms with van der Waals surface area (Å²) in [6.07, 6.45) is 7.58. The summed E-state index contributed by atoms with van der Waals surface area (Å²) in [5.74, 6) is 0.880. The smallest absolute Gasteiger partial charge is 0.293 e. The van der Waals surface area contributed by atoms with E-state index in [0.29, 0.717) is 34.7 Å². The van der Waals surface area contributed by atoms with E-state index in [1.165, 1.54) is 24.2 Å². The average molecular weight is 442 g/mol. The molecule has 2 aromatic carbocycles. The molecular formula is C24H24ClNO3S. The molecule has 6 heteroatoms. The van der Waals surface area contributed by atoms with Crippen molar-refractivity contribution in [3.8, 4) is 5.75 Å². The third-order valence-electron chi connectivity index (χ3n) is 5.59. The summed E-state index contributed by atoms with van der Waals surface area (Å²) < 4.78 is 5.98. The Bertz CT molecular complexity index is 968. The summed E-state index contributed by atoms with van der Waals surface area (Å²) in [5.41, 5.74) is 1.66. The second kappa shape index (κ2) is 9.71. The Labute approximate surface area is 186 Å². The average Bonchev–Trinajstić information content (AvgIpc) is 3.02. The fraction of sp³-hybridized carbons (Fsp3) is 0.333. The molecule has 2 aromatic rings. The van der Waals surface area contributed by atoms with E-state index in [1.54, 1.807) is 6.08 Å². The number of carbonyl (C=O) groups is 2. The first-order chi connectivity index (χ1) is 14.6. The van der Waals surface area contributed by atoms with Crippen molar-refractivity contribution in [2.75, 3.05) is 6.54 Å². The van der Waals surface area contributed by atoms with Crippen molar-refractivity contribution < 1.29 is 14.3 Å². The molecule has 2 aliphatic rings. The van der Waals surface area contributed by atoms with Crippen molar-refractivity contribution in [1.29, 1.82) is 0 Å². The van der Waals surface area contributed by atoms with E-state index in [1.807, 2.05) is 48.5 Å². The van der Waals surface area contributed by atoms with Crippen molar-refractivity contribution in [2.45, 2.75) is 38.7 Å². The van der Waals surface area contributed by atoms with Crippen LogP contribution in [0.1, 0.15) is 43.2 Å². The van der Waals surface area contributed by atoms with Gasteiger partial charge >= 0.3 is 0 Å². The van der Waals surface area contributed by atoms with Crippen LogP contribution in [0.5, 0.6) is 5.75 Å². The highest BCUT2D eigenvalue weighted by Gasteiger charge is 2.36. The van der Waals surface area contributed by atoms with Gasteiger partial charge < -0.3 is 4.74 Å². The minimum Gasteiger partial charge on any atom is -0.488 e. The number of rotatable bonds is 6. The largest absolute Gasteiger partial charge is 0.488 e. The maximum absolute atomic E-state index is 12.9. The van der Waals surface area contributed by atoms with Crippen LogP contribution in [0.15, 0.2) is 53.4 Å². The highest BCUT2D eigenvalue weighted by molar-refractivity contribution is 8.18. The van der Waals surface area contributed by atoms with Gasteiger partial charge in [0.1, 0.15) is 12.4 Å². The standard InChI is InChI=1S/C24H24ClNO3S/c25-20-12-6-4-11-19(20)16-29-21-13-7-5-10-18(21)14-22-23(27)26(24(28)30-22)15-17-8-2-1-3-9-17/h4-7,10-14,17H,1-3,8-9,15-16H2/b22-14+. The summed E-state index contributed by atoms with van der Waals surface area (Å²) in [6.45, 7) is 0.861. The third kappa shape index (κ3) is 4.90. The molecule has 1 saturated heterocycles. The number of nitrogens with zero attached hydrogens (tertiary/aromatic N) is 1. The molecule has 0 N–H and O–H groups in total. The molecule has 2 fully saturated rings. The molecule has 0 radical (unpaired) electrons. The van der Waals surface area contributed by atoms with Gasteiger partial charge in [0.25, 0.3) is 11.1 Å². The number of benzene rings is 2. The van der Waals surface area contributed by atoms with Gasteiger partial charge in [0.05, 0.1) is 4.91 Å². The van der Waals surface area contributed by atoms with Crippen LogP contribution < -0.4 is 4.74 Å². The van der Waals surface area contributed by atoms with Gasteiger partial charge in [-0.15, -0.1) is 0 Å². The lowest BCUT2D eigenvalue weighted by Gasteiger charge is -2.25. The van der Waals surface area contributed by atoms with Gasteiger partial charge in [0, 0.05) is 22.7 Å². The van der Waals surface area contributed by atoms with Gasteiger partial charge in [-0.3, -0.25) is 14.5 Å². The molecule has 0 atom stereocenters. The van der Waals surface area contributed by atoms with Gasteiger partial charge in [0.2, 0.25) is 0 Å². The van der Waals surface area contributed by atoms with Crippen molar-refractivity contribution in [1.82, 2.24) is 4.90 Å². The minimum absolute atomic E-state index is 0.175. The Morgan fingerprint density at radius 1 is 1.03 bits per heavy atom. The van der Waals surface area contributed by atoms with E-state index in [2.05, 4.69) is 0 Å². The Hall–Kier alpha value is -2.24. The number of amides is 2. The first kappa shape index (κ1) is 21.0. The lowest BCUT2D eigenvalue weighted by atomic mass is 9.89. The quantitative estimate of drug-likeness (QED) is 0.477. The number of halogens is 1. The lowest BCUT2D eigenvalue weighted by molar-refractivity contribution is -0.123. The van der Waals surface area contributed by atoms with Crippen LogP contribution >= 0.6 is 23.4 Å². The summed E-state index contributed by atoms with van der Waals surface area (Å²) in [4.78, 5) is 27.2. The van der Waals surface area contributed by atoms with E-state index in [4.69, 9.17) is 16.3 Å². The highest BCUT2D eigenvalue weighted by atomic mass is 35.5. The Kier molecular flexibility index (Phi) is 6.80. The van der Waals surface area contributed by atoms with Crippen LogP contribution in [-0.2, 0) is 11.4 Å². The van der Waals surface area contributed by atoms with Crippen LogP contribution in [0.25, 0.3) is 6.08 Å². The zero-order valence-corrected chi connectivity index (χ0v) is 18.3. The molecule has 2 amide bonds. The maximum Gasteiger partial charge on any atom is 0.293 e. The second-order valence-corrected chi connectivity index (χ2v) is 9.11. The second-order valence-electron chi connectivity index (χ2n) is 7.71. The third-order valence-corrected chi connectivity index (χ3v) is 6.86. The molecule has 30 heavy (non-hydrogen) atoms. The van der Waals surface area contributed by atoms with E-state index in [-0.39, 0.29) is 11.1 Å². The fourth-order valence-electron chi connectivity index (χ4n) is 3.93. The topological polar surface area (TPSA) is 46.6 Å².